The first kappa shape index (κ1) is 8.49. The number of aliphatic hydroxyl groups excluding tert-OH is 1. The standard InChI is InChI=1S/C7H14N2O2/c1-5(10)9-3-6(8)2-7(11)4-9/h6-7,11H,2-4,8H2,1H3. The van der Waals surface area contributed by atoms with Gasteiger partial charge in [-0.3, -0.25) is 4.79 Å². The Hall–Kier alpha value is -0.610. The maximum absolute atomic E-state index is 10.8. The summed E-state index contributed by atoms with van der Waals surface area (Å²) in [7, 11) is 0. The first-order valence-electron chi connectivity index (χ1n) is 3.78. The van der Waals surface area contributed by atoms with Crippen LogP contribution < -0.4 is 5.73 Å². The van der Waals surface area contributed by atoms with E-state index in [9.17, 15) is 9.90 Å². The van der Waals surface area contributed by atoms with Crippen molar-refractivity contribution in [1.29, 1.82) is 0 Å². The molecule has 2 atom stereocenters. The van der Waals surface area contributed by atoms with Gasteiger partial charge in [-0.2, -0.15) is 0 Å². The Balaban J connectivity index is 2.49. The van der Waals surface area contributed by atoms with Crippen LogP contribution in [0.1, 0.15) is 13.3 Å². The normalized spacial score (nSPS) is 32.1. The van der Waals surface area contributed by atoms with Crippen LogP contribution in [0.5, 0.6) is 0 Å². The van der Waals surface area contributed by atoms with Crippen molar-refractivity contribution in [2.45, 2.75) is 25.5 Å². The molecule has 1 fully saturated rings. The molecule has 0 aromatic heterocycles. The summed E-state index contributed by atoms with van der Waals surface area (Å²) in [6.07, 6.45) is 0.159. The Labute approximate surface area is 66.0 Å². The van der Waals surface area contributed by atoms with Gasteiger partial charge in [0.1, 0.15) is 0 Å². The van der Waals surface area contributed by atoms with Gasteiger partial charge in [0, 0.05) is 26.1 Å². The number of nitrogens with zero attached hydrogens (tertiary/aromatic N) is 1. The number of hydrogen-bond acceptors (Lipinski definition) is 3. The molecule has 0 aromatic carbocycles. The van der Waals surface area contributed by atoms with Crippen molar-refractivity contribution >= 4 is 5.91 Å². The molecule has 0 aromatic rings. The number of likely N-dealkylation sites (tertiary alicyclic amines) is 1. The maximum Gasteiger partial charge on any atom is 0.219 e. The van der Waals surface area contributed by atoms with Crippen LogP contribution in [0, 0.1) is 0 Å². The highest BCUT2D eigenvalue weighted by Gasteiger charge is 2.24. The molecule has 1 aliphatic rings. The number of aliphatic hydroxyl groups is 1. The lowest BCUT2D eigenvalue weighted by Crippen LogP contribution is -2.50. The van der Waals surface area contributed by atoms with Gasteiger partial charge < -0.3 is 15.7 Å². The smallest absolute Gasteiger partial charge is 0.219 e. The number of piperidine rings is 1. The van der Waals surface area contributed by atoms with E-state index in [0.29, 0.717) is 19.5 Å². The van der Waals surface area contributed by atoms with Crippen molar-refractivity contribution < 1.29 is 9.90 Å². The van der Waals surface area contributed by atoms with Crippen LogP contribution in [0.2, 0.25) is 0 Å². The van der Waals surface area contributed by atoms with Crippen LogP contribution in [0.4, 0.5) is 0 Å². The first-order chi connectivity index (χ1) is 5.09. The van der Waals surface area contributed by atoms with Gasteiger partial charge in [-0.25, -0.2) is 0 Å². The zero-order valence-corrected chi connectivity index (χ0v) is 6.66. The summed E-state index contributed by atoms with van der Waals surface area (Å²) in [4.78, 5) is 12.4. The fraction of sp³-hybridized carbons (Fsp3) is 0.857. The molecule has 0 spiro atoms. The second kappa shape index (κ2) is 3.19. The van der Waals surface area contributed by atoms with Crippen molar-refractivity contribution in [2.75, 3.05) is 13.1 Å². The molecule has 0 radical (unpaired) electrons. The molecule has 1 amide bonds. The average molecular weight is 158 g/mol. The Morgan fingerprint density at radius 1 is 1.64 bits per heavy atom. The van der Waals surface area contributed by atoms with E-state index in [-0.39, 0.29) is 11.9 Å². The maximum atomic E-state index is 10.8. The Morgan fingerprint density at radius 3 is 2.73 bits per heavy atom. The third kappa shape index (κ3) is 2.17. The molecule has 11 heavy (non-hydrogen) atoms. The zero-order valence-electron chi connectivity index (χ0n) is 6.66. The molecule has 1 aliphatic heterocycles. The van der Waals surface area contributed by atoms with Crippen molar-refractivity contribution in [3.05, 3.63) is 0 Å². The Bertz CT molecular complexity index is 151. The molecule has 1 saturated heterocycles. The van der Waals surface area contributed by atoms with Crippen LogP contribution in [0.25, 0.3) is 0 Å². The lowest BCUT2D eigenvalue weighted by molar-refractivity contribution is -0.132. The Morgan fingerprint density at radius 2 is 2.27 bits per heavy atom. The van der Waals surface area contributed by atoms with Gasteiger partial charge in [0.25, 0.3) is 0 Å². The number of carbonyl (C=O) groups excluding carboxylic acids is 1. The topological polar surface area (TPSA) is 66.6 Å². The number of rotatable bonds is 0. The van der Waals surface area contributed by atoms with E-state index < -0.39 is 6.10 Å². The van der Waals surface area contributed by atoms with Crippen molar-refractivity contribution in [3.8, 4) is 0 Å². The van der Waals surface area contributed by atoms with Gasteiger partial charge in [-0.1, -0.05) is 0 Å². The highest BCUT2D eigenvalue weighted by Crippen LogP contribution is 2.08. The van der Waals surface area contributed by atoms with Crippen LogP contribution in [0.15, 0.2) is 0 Å². The summed E-state index contributed by atoms with van der Waals surface area (Å²) < 4.78 is 0. The fourth-order valence-electron chi connectivity index (χ4n) is 1.37. The van der Waals surface area contributed by atoms with Crippen molar-refractivity contribution in [1.82, 2.24) is 4.90 Å². The lowest BCUT2D eigenvalue weighted by atomic mass is 10.0. The van der Waals surface area contributed by atoms with E-state index in [4.69, 9.17) is 5.73 Å². The lowest BCUT2D eigenvalue weighted by Gasteiger charge is -2.33. The summed E-state index contributed by atoms with van der Waals surface area (Å²) in [6, 6.07) is -0.0670. The van der Waals surface area contributed by atoms with Gasteiger partial charge in [0.05, 0.1) is 6.10 Å². The van der Waals surface area contributed by atoms with Crippen LogP contribution in [-0.2, 0) is 4.79 Å². The molecular weight excluding hydrogens is 144 g/mol. The van der Waals surface area contributed by atoms with E-state index in [1.54, 1.807) is 4.90 Å². The average Bonchev–Trinajstić information content (AvgIpc) is 1.85. The van der Waals surface area contributed by atoms with Gasteiger partial charge in [-0.05, 0) is 6.42 Å². The molecule has 0 saturated carbocycles. The molecule has 0 bridgehead atoms. The van der Waals surface area contributed by atoms with Gasteiger partial charge in [-0.15, -0.1) is 0 Å². The SMILES string of the molecule is CC(=O)N1CC(N)CC(O)C1. The summed E-state index contributed by atoms with van der Waals surface area (Å²) in [5.41, 5.74) is 5.60. The summed E-state index contributed by atoms with van der Waals surface area (Å²) >= 11 is 0. The molecule has 1 rings (SSSR count). The Kier molecular flexibility index (Phi) is 2.46. The number of nitrogens with two attached hydrogens (primary N) is 1. The van der Waals surface area contributed by atoms with E-state index >= 15 is 0 Å². The van der Waals surface area contributed by atoms with Gasteiger partial charge >= 0.3 is 0 Å². The largest absolute Gasteiger partial charge is 0.391 e. The second-order valence-electron chi connectivity index (χ2n) is 3.07. The monoisotopic (exact) mass is 158 g/mol. The number of amides is 1. The summed E-state index contributed by atoms with van der Waals surface area (Å²) in [5.74, 6) is -0.0146. The first-order valence-corrected chi connectivity index (χ1v) is 3.78. The van der Waals surface area contributed by atoms with Crippen LogP contribution >= 0.6 is 0 Å². The second-order valence-corrected chi connectivity index (χ2v) is 3.07. The zero-order chi connectivity index (χ0) is 8.43. The number of β-amino-alcohol motifs (C(OH)–C–C–N with tert-alkyl or cyclic N) is 1. The summed E-state index contributed by atoms with van der Waals surface area (Å²) in [5, 5.41) is 9.22. The quantitative estimate of drug-likeness (QED) is 0.471. The predicted molar refractivity (Wildman–Crippen MR) is 40.9 cm³/mol. The molecule has 0 aliphatic carbocycles. The third-order valence-electron chi connectivity index (χ3n) is 1.91. The van der Waals surface area contributed by atoms with Crippen molar-refractivity contribution in [2.24, 2.45) is 5.73 Å². The van der Waals surface area contributed by atoms with Gasteiger partial charge in [0.2, 0.25) is 5.91 Å². The molecule has 64 valence electrons. The minimum Gasteiger partial charge on any atom is -0.391 e. The molecule has 4 nitrogen and oxygen atoms in total. The highest BCUT2D eigenvalue weighted by molar-refractivity contribution is 5.73. The number of carbonyl (C=O) groups is 1. The van der Waals surface area contributed by atoms with Crippen LogP contribution in [0.3, 0.4) is 0 Å². The van der Waals surface area contributed by atoms with Crippen molar-refractivity contribution in [3.63, 3.8) is 0 Å². The molecular formula is C7H14N2O2. The molecule has 3 N–H and O–H groups in total. The van der Waals surface area contributed by atoms with E-state index in [1.165, 1.54) is 6.92 Å². The highest BCUT2D eigenvalue weighted by atomic mass is 16.3. The molecule has 1 heterocycles. The molecule has 4 heteroatoms. The van der Waals surface area contributed by atoms with E-state index in [1.807, 2.05) is 0 Å². The van der Waals surface area contributed by atoms with E-state index in [0.717, 1.165) is 0 Å². The molecule has 2 unspecified atom stereocenters. The van der Waals surface area contributed by atoms with Gasteiger partial charge in [0.15, 0.2) is 0 Å². The fourth-order valence-corrected chi connectivity index (χ4v) is 1.37. The number of hydrogen-bond donors (Lipinski definition) is 2. The summed E-state index contributed by atoms with van der Waals surface area (Å²) in [6.45, 7) is 2.50. The minimum atomic E-state index is -0.442. The predicted octanol–water partition coefficient (Wildman–Crippen LogP) is -1.07. The van der Waals surface area contributed by atoms with Crippen LogP contribution in [-0.4, -0.2) is 41.1 Å². The van der Waals surface area contributed by atoms with E-state index in [2.05, 4.69) is 0 Å². The third-order valence-corrected chi connectivity index (χ3v) is 1.91. The minimum absolute atomic E-state index is 0.0146.